The Morgan fingerprint density at radius 2 is 1.96 bits per heavy atom. The third-order valence-corrected chi connectivity index (χ3v) is 5.66. The highest BCUT2D eigenvalue weighted by atomic mass is 32.2. The van der Waals surface area contributed by atoms with Gasteiger partial charge in [0.15, 0.2) is 9.84 Å². The van der Waals surface area contributed by atoms with Gasteiger partial charge in [0, 0.05) is 18.8 Å². The Bertz CT molecular complexity index is 700. The number of sulfone groups is 1. The maximum absolute atomic E-state index is 12.1. The van der Waals surface area contributed by atoms with E-state index in [4.69, 9.17) is 4.74 Å². The lowest BCUT2D eigenvalue weighted by Gasteiger charge is -2.23. The van der Waals surface area contributed by atoms with E-state index >= 15 is 0 Å². The van der Waals surface area contributed by atoms with E-state index < -0.39 is 15.7 Å². The molecule has 1 unspecified atom stereocenters. The zero-order valence-electron chi connectivity index (χ0n) is 13.8. The van der Waals surface area contributed by atoms with Crippen LogP contribution in [0.4, 0.5) is 5.69 Å². The lowest BCUT2D eigenvalue weighted by molar-refractivity contribution is -0.134. The number of ether oxygens (including phenoxy) is 1. The van der Waals surface area contributed by atoms with Gasteiger partial charge in [-0.2, -0.15) is 0 Å². The highest BCUT2D eigenvalue weighted by Gasteiger charge is 2.33. The van der Waals surface area contributed by atoms with Gasteiger partial charge in [-0.25, -0.2) is 8.42 Å². The van der Waals surface area contributed by atoms with E-state index in [1.54, 1.807) is 24.3 Å². The Kier molecular flexibility index (Phi) is 5.82. The summed E-state index contributed by atoms with van der Waals surface area (Å²) in [5.74, 6) is -0.0604. The minimum absolute atomic E-state index is 0.0320. The molecule has 1 aliphatic rings. The molecule has 0 bridgehead atoms. The molecule has 1 heterocycles. The van der Waals surface area contributed by atoms with Gasteiger partial charge in [-0.3, -0.25) is 9.59 Å². The standard InChI is InChI=1S/C16H22N2O5S/c1-3-23-14-6-4-12(5-7-14)17-15(19)10-16(20)18(2)13-8-9-24(21,22)11-13/h4-7,13H,3,8-11H2,1-2H3,(H,17,19). The molecule has 0 aliphatic carbocycles. The van der Waals surface area contributed by atoms with Crippen LogP contribution in [0.25, 0.3) is 0 Å². The Balaban J connectivity index is 1.86. The summed E-state index contributed by atoms with van der Waals surface area (Å²) < 4.78 is 28.3. The molecule has 7 nitrogen and oxygen atoms in total. The zero-order valence-corrected chi connectivity index (χ0v) is 14.6. The molecule has 1 saturated heterocycles. The maximum Gasteiger partial charge on any atom is 0.233 e. The number of hydrogen-bond acceptors (Lipinski definition) is 5. The number of hydrogen-bond donors (Lipinski definition) is 1. The molecule has 0 radical (unpaired) electrons. The lowest BCUT2D eigenvalue weighted by Crippen LogP contribution is -2.39. The van der Waals surface area contributed by atoms with Crippen molar-refractivity contribution in [3.8, 4) is 5.75 Å². The van der Waals surface area contributed by atoms with Crippen LogP contribution in [0, 0.1) is 0 Å². The van der Waals surface area contributed by atoms with Crippen molar-refractivity contribution in [1.82, 2.24) is 4.90 Å². The van der Waals surface area contributed by atoms with E-state index in [1.807, 2.05) is 6.92 Å². The summed E-state index contributed by atoms with van der Waals surface area (Å²) in [6.07, 6.45) is 0.103. The van der Waals surface area contributed by atoms with Crippen molar-refractivity contribution in [3.05, 3.63) is 24.3 Å². The van der Waals surface area contributed by atoms with Crippen molar-refractivity contribution in [2.75, 3.05) is 30.5 Å². The van der Waals surface area contributed by atoms with E-state index in [1.165, 1.54) is 11.9 Å². The first kappa shape index (κ1) is 18.3. The van der Waals surface area contributed by atoms with Gasteiger partial charge in [-0.1, -0.05) is 0 Å². The van der Waals surface area contributed by atoms with E-state index in [9.17, 15) is 18.0 Å². The highest BCUT2D eigenvalue weighted by molar-refractivity contribution is 7.91. The predicted molar refractivity (Wildman–Crippen MR) is 90.7 cm³/mol. The summed E-state index contributed by atoms with van der Waals surface area (Å²) in [4.78, 5) is 25.5. The maximum atomic E-state index is 12.1. The number of benzene rings is 1. The highest BCUT2D eigenvalue weighted by Crippen LogP contribution is 2.18. The lowest BCUT2D eigenvalue weighted by atomic mass is 10.2. The van der Waals surface area contributed by atoms with E-state index in [0.717, 1.165) is 0 Å². The molecule has 2 rings (SSSR count). The summed E-state index contributed by atoms with van der Waals surface area (Å²) >= 11 is 0. The number of nitrogens with zero attached hydrogens (tertiary/aromatic N) is 1. The molecule has 8 heteroatoms. The van der Waals surface area contributed by atoms with Crippen LogP contribution in [-0.2, 0) is 19.4 Å². The van der Waals surface area contributed by atoms with Gasteiger partial charge >= 0.3 is 0 Å². The van der Waals surface area contributed by atoms with Crippen molar-refractivity contribution in [1.29, 1.82) is 0 Å². The molecule has 1 aromatic carbocycles. The van der Waals surface area contributed by atoms with Gasteiger partial charge in [0.2, 0.25) is 11.8 Å². The Labute approximate surface area is 141 Å². The van der Waals surface area contributed by atoms with Gasteiger partial charge in [-0.15, -0.1) is 0 Å². The number of rotatable bonds is 6. The minimum Gasteiger partial charge on any atom is -0.494 e. The van der Waals surface area contributed by atoms with Crippen LogP contribution < -0.4 is 10.1 Å². The summed E-state index contributed by atoms with van der Waals surface area (Å²) in [5.41, 5.74) is 0.572. The molecule has 2 amide bonds. The molecule has 1 N–H and O–H groups in total. The van der Waals surface area contributed by atoms with Gasteiger partial charge in [0.05, 0.1) is 18.1 Å². The van der Waals surface area contributed by atoms with Crippen molar-refractivity contribution >= 4 is 27.3 Å². The second kappa shape index (κ2) is 7.65. The molecular weight excluding hydrogens is 332 g/mol. The van der Waals surface area contributed by atoms with Crippen LogP contribution in [0.3, 0.4) is 0 Å². The largest absolute Gasteiger partial charge is 0.494 e. The van der Waals surface area contributed by atoms with Gasteiger partial charge in [0.25, 0.3) is 0 Å². The molecule has 24 heavy (non-hydrogen) atoms. The van der Waals surface area contributed by atoms with Crippen LogP contribution in [0.2, 0.25) is 0 Å². The van der Waals surface area contributed by atoms with Gasteiger partial charge in [0.1, 0.15) is 12.2 Å². The smallest absolute Gasteiger partial charge is 0.233 e. The molecule has 0 spiro atoms. The normalized spacial score (nSPS) is 18.8. The number of nitrogens with one attached hydrogen (secondary N) is 1. The fraction of sp³-hybridized carbons (Fsp3) is 0.500. The second-order valence-electron chi connectivity index (χ2n) is 5.74. The van der Waals surface area contributed by atoms with Crippen LogP contribution in [-0.4, -0.2) is 56.3 Å². The quantitative estimate of drug-likeness (QED) is 0.771. The summed E-state index contributed by atoms with van der Waals surface area (Å²) in [6.45, 7) is 2.44. The molecule has 1 aromatic rings. The fourth-order valence-electron chi connectivity index (χ4n) is 2.55. The van der Waals surface area contributed by atoms with Gasteiger partial charge < -0.3 is 15.0 Å². The average Bonchev–Trinajstić information content (AvgIpc) is 2.88. The van der Waals surface area contributed by atoms with Crippen LogP contribution in [0.1, 0.15) is 19.8 Å². The topological polar surface area (TPSA) is 92.8 Å². The third-order valence-electron chi connectivity index (χ3n) is 3.91. The molecule has 0 saturated carbocycles. The Hall–Kier alpha value is -2.09. The van der Waals surface area contributed by atoms with E-state index in [0.29, 0.717) is 24.5 Å². The summed E-state index contributed by atoms with van der Waals surface area (Å²) in [5, 5.41) is 2.64. The number of carbonyl (C=O) groups excluding carboxylic acids is 2. The van der Waals surface area contributed by atoms with E-state index in [-0.39, 0.29) is 29.9 Å². The molecule has 1 atom stereocenters. The fourth-order valence-corrected chi connectivity index (χ4v) is 4.33. The van der Waals surface area contributed by atoms with Crippen LogP contribution in [0.15, 0.2) is 24.3 Å². The number of anilines is 1. The molecule has 1 fully saturated rings. The first-order chi connectivity index (χ1) is 11.3. The molecule has 1 aliphatic heterocycles. The van der Waals surface area contributed by atoms with Gasteiger partial charge in [-0.05, 0) is 37.6 Å². The van der Waals surface area contributed by atoms with Crippen molar-refractivity contribution < 1.29 is 22.7 Å². The number of amides is 2. The molecular formula is C16H22N2O5S. The van der Waals surface area contributed by atoms with Crippen molar-refractivity contribution in [3.63, 3.8) is 0 Å². The first-order valence-electron chi connectivity index (χ1n) is 7.79. The van der Waals surface area contributed by atoms with Crippen molar-refractivity contribution in [2.45, 2.75) is 25.8 Å². The monoisotopic (exact) mass is 354 g/mol. The minimum atomic E-state index is -3.07. The van der Waals surface area contributed by atoms with E-state index in [2.05, 4.69) is 5.32 Å². The summed E-state index contributed by atoms with van der Waals surface area (Å²) in [6, 6.07) is 6.51. The molecule has 132 valence electrons. The Morgan fingerprint density at radius 3 is 2.50 bits per heavy atom. The van der Waals surface area contributed by atoms with Crippen LogP contribution >= 0.6 is 0 Å². The Morgan fingerprint density at radius 1 is 1.29 bits per heavy atom. The summed E-state index contributed by atoms with van der Waals surface area (Å²) in [7, 11) is -1.53. The van der Waals surface area contributed by atoms with Crippen molar-refractivity contribution in [2.24, 2.45) is 0 Å². The zero-order chi connectivity index (χ0) is 17.7. The third kappa shape index (κ3) is 4.95. The predicted octanol–water partition coefficient (Wildman–Crippen LogP) is 1.06. The number of carbonyl (C=O) groups is 2. The van der Waals surface area contributed by atoms with Crippen LogP contribution in [0.5, 0.6) is 5.75 Å². The second-order valence-corrected chi connectivity index (χ2v) is 7.97. The molecule has 0 aromatic heterocycles. The average molecular weight is 354 g/mol. The SMILES string of the molecule is CCOc1ccc(NC(=O)CC(=O)N(C)C2CCS(=O)(=O)C2)cc1. The first-order valence-corrected chi connectivity index (χ1v) is 9.61.